The summed E-state index contributed by atoms with van der Waals surface area (Å²) in [5.74, 6) is 3.71. The number of carbonyl (C=O) groups is 1. The molecule has 1 aromatic rings. The first-order valence-electron chi connectivity index (χ1n) is 9.79. The highest BCUT2D eigenvalue weighted by Gasteiger charge is 2.60. The van der Waals surface area contributed by atoms with Gasteiger partial charge in [0.25, 0.3) is 5.91 Å². The molecule has 1 saturated heterocycles. The largest absolute Gasteiger partial charge is 0.271 e. The van der Waals surface area contributed by atoms with Crippen LogP contribution in [0.2, 0.25) is 0 Å². The van der Waals surface area contributed by atoms with Gasteiger partial charge in [-0.15, -0.1) is 0 Å². The highest BCUT2D eigenvalue weighted by atomic mass is 79.9. The van der Waals surface area contributed by atoms with Crippen LogP contribution in [0.1, 0.15) is 51.5 Å². The van der Waals surface area contributed by atoms with Crippen molar-refractivity contribution in [2.45, 2.75) is 64.1 Å². The number of amides is 1. The maximum Gasteiger partial charge on any atom is 0.258 e. The molecule has 3 nitrogen and oxygen atoms in total. The van der Waals surface area contributed by atoms with Crippen LogP contribution in [0.25, 0.3) is 0 Å². The number of hydrogen-bond donors (Lipinski definition) is 0. The Morgan fingerprint density at radius 2 is 1.56 bits per heavy atom. The minimum absolute atomic E-state index is 0.335. The highest BCUT2D eigenvalue weighted by Crippen LogP contribution is 2.57. The van der Waals surface area contributed by atoms with E-state index in [4.69, 9.17) is 0 Å². The van der Waals surface area contributed by atoms with Crippen molar-refractivity contribution < 1.29 is 4.79 Å². The van der Waals surface area contributed by atoms with Crippen LogP contribution in [0.4, 0.5) is 0 Å². The molecule has 0 aromatic heterocycles. The number of carbonyl (C=O) groups excluding carboxylic acids is 1. The second kappa shape index (κ2) is 5.56. The van der Waals surface area contributed by atoms with E-state index < -0.39 is 0 Å². The van der Waals surface area contributed by atoms with Crippen molar-refractivity contribution >= 4 is 21.8 Å². The first kappa shape index (κ1) is 16.3. The Morgan fingerprint density at radius 3 is 2.12 bits per heavy atom. The van der Waals surface area contributed by atoms with Crippen LogP contribution in [-0.2, 0) is 11.3 Å². The molecule has 5 aliphatic rings. The topological polar surface area (TPSA) is 23.6 Å². The van der Waals surface area contributed by atoms with E-state index in [1.54, 1.807) is 0 Å². The van der Waals surface area contributed by atoms with Gasteiger partial charge in [-0.1, -0.05) is 28.1 Å². The minimum atomic E-state index is -0.373. The molecule has 0 unspecified atom stereocenters. The molecule has 25 heavy (non-hydrogen) atoms. The summed E-state index contributed by atoms with van der Waals surface area (Å²) in [6, 6.07) is 8.98. The third kappa shape index (κ3) is 2.43. The molecule has 6 rings (SSSR count). The molecule has 5 fully saturated rings. The average molecular weight is 403 g/mol. The lowest BCUT2D eigenvalue weighted by Gasteiger charge is -2.65. The number of rotatable bonds is 3. The predicted octanol–water partition coefficient (Wildman–Crippen LogP) is 4.61. The molecule has 1 aliphatic heterocycles. The lowest BCUT2D eigenvalue weighted by atomic mass is 9.53. The Morgan fingerprint density at radius 1 is 1.00 bits per heavy atom. The van der Waals surface area contributed by atoms with E-state index in [2.05, 4.69) is 64.1 Å². The Balaban J connectivity index is 1.41. The van der Waals surface area contributed by atoms with Crippen LogP contribution in [-0.4, -0.2) is 27.5 Å². The van der Waals surface area contributed by atoms with E-state index in [-0.39, 0.29) is 5.54 Å². The van der Waals surface area contributed by atoms with Crippen LogP contribution in [0, 0.1) is 23.7 Å². The zero-order valence-electron chi connectivity index (χ0n) is 15.1. The van der Waals surface area contributed by atoms with Gasteiger partial charge in [-0.25, -0.2) is 0 Å². The molecule has 4 heteroatoms. The molecular weight excluding hydrogens is 376 g/mol. The van der Waals surface area contributed by atoms with Crippen molar-refractivity contribution in [2.75, 3.05) is 0 Å². The van der Waals surface area contributed by atoms with Crippen LogP contribution < -0.4 is 0 Å². The zero-order chi connectivity index (χ0) is 17.3. The van der Waals surface area contributed by atoms with Gasteiger partial charge in [0.05, 0.1) is 6.04 Å². The molecule has 0 spiro atoms. The monoisotopic (exact) mass is 402 g/mol. The second-order valence-electron chi connectivity index (χ2n) is 9.31. The molecule has 134 valence electrons. The fourth-order valence-corrected chi connectivity index (χ4v) is 6.62. The molecule has 4 bridgehead atoms. The van der Waals surface area contributed by atoms with Crippen LogP contribution >= 0.6 is 15.9 Å². The summed E-state index contributed by atoms with van der Waals surface area (Å²) in [4.78, 5) is 13.0. The smallest absolute Gasteiger partial charge is 0.258 e. The number of hydrazine groups is 1. The van der Waals surface area contributed by atoms with E-state index in [1.165, 1.54) is 37.7 Å². The first-order chi connectivity index (χ1) is 11.9. The summed E-state index contributed by atoms with van der Waals surface area (Å²) in [7, 11) is 0. The minimum Gasteiger partial charge on any atom is -0.271 e. The molecular formula is C21H27BrN2O. The Bertz CT molecular complexity index is 670. The third-order valence-corrected chi connectivity index (χ3v) is 7.87. The molecule has 0 radical (unpaired) electrons. The zero-order valence-corrected chi connectivity index (χ0v) is 16.7. The standard InChI is InChI=1S/C21H27BrN2O/c1-21(2)20(25)24(23(21)12-13-3-5-18(22)6-4-13)19-16-8-14-7-15(10-16)11-17(19)9-14/h3-6,14-17,19H,7-12H2,1-2H3. The molecule has 0 N–H and O–H groups in total. The van der Waals surface area contributed by atoms with Gasteiger partial charge in [-0.3, -0.25) is 9.80 Å². The van der Waals surface area contributed by atoms with Gasteiger partial charge < -0.3 is 0 Å². The summed E-state index contributed by atoms with van der Waals surface area (Å²) in [6.45, 7) is 5.00. The number of hydrogen-bond acceptors (Lipinski definition) is 2. The summed E-state index contributed by atoms with van der Waals surface area (Å²) < 4.78 is 1.10. The third-order valence-electron chi connectivity index (χ3n) is 7.34. The lowest BCUT2D eigenvalue weighted by molar-refractivity contribution is -0.251. The maximum atomic E-state index is 13.0. The first-order valence-corrected chi connectivity index (χ1v) is 10.6. The predicted molar refractivity (Wildman–Crippen MR) is 101 cm³/mol. The van der Waals surface area contributed by atoms with Gasteiger partial charge >= 0.3 is 0 Å². The summed E-state index contributed by atoms with van der Waals surface area (Å²) in [5.41, 5.74) is 0.902. The van der Waals surface area contributed by atoms with Crippen molar-refractivity contribution in [1.29, 1.82) is 0 Å². The van der Waals surface area contributed by atoms with Gasteiger partial charge in [0.2, 0.25) is 0 Å². The SMILES string of the molecule is CC1(C)C(=O)N(C2C3CC4CC(C3)CC2C4)N1Cc1ccc(Br)cc1. The van der Waals surface area contributed by atoms with E-state index in [0.29, 0.717) is 11.9 Å². The van der Waals surface area contributed by atoms with Gasteiger partial charge in [-0.2, -0.15) is 5.01 Å². The normalized spacial score (nSPS) is 38.9. The number of benzene rings is 1. The number of nitrogens with zero attached hydrogens (tertiary/aromatic N) is 2. The summed E-state index contributed by atoms with van der Waals surface area (Å²) in [5, 5.41) is 4.54. The fraction of sp³-hybridized carbons (Fsp3) is 0.667. The van der Waals surface area contributed by atoms with E-state index in [9.17, 15) is 4.79 Å². The maximum absolute atomic E-state index is 13.0. The van der Waals surface area contributed by atoms with E-state index in [1.807, 2.05) is 0 Å². The Hall–Kier alpha value is -0.870. The van der Waals surface area contributed by atoms with Crippen molar-refractivity contribution in [3.05, 3.63) is 34.3 Å². The quantitative estimate of drug-likeness (QED) is 0.736. The van der Waals surface area contributed by atoms with Crippen molar-refractivity contribution in [3.8, 4) is 0 Å². The van der Waals surface area contributed by atoms with Gasteiger partial charge in [-0.05, 0) is 87.3 Å². The van der Waals surface area contributed by atoms with Crippen LogP contribution in [0.15, 0.2) is 28.7 Å². The Kier molecular flexibility index (Phi) is 3.63. The van der Waals surface area contributed by atoms with Crippen molar-refractivity contribution in [3.63, 3.8) is 0 Å². The fourth-order valence-electron chi connectivity index (χ4n) is 6.35. The van der Waals surface area contributed by atoms with Crippen LogP contribution in [0.5, 0.6) is 0 Å². The van der Waals surface area contributed by atoms with E-state index >= 15 is 0 Å². The molecule has 1 amide bonds. The van der Waals surface area contributed by atoms with Crippen molar-refractivity contribution in [2.24, 2.45) is 23.7 Å². The number of halogens is 1. The molecule has 4 aliphatic carbocycles. The van der Waals surface area contributed by atoms with Crippen LogP contribution in [0.3, 0.4) is 0 Å². The molecule has 0 atom stereocenters. The van der Waals surface area contributed by atoms with Gasteiger partial charge in [0.15, 0.2) is 0 Å². The Labute approximate surface area is 158 Å². The van der Waals surface area contributed by atoms with E-state index in [0.717, 1.165) is 34.7 Å². The summed E-state index contributed by atoms with van der Waals surface area (Å²) in [6.07, 6.45) is 6.88. The molecule has 4 saturated carbocycles. The van der Waals surface area contributed by atoms with Crippen molar-refractivity contribution in [1.82, 2.24) is 10.0 Å². The molecule has 1 aromatic carbocycles. The summed E-state index contributed by atoms with van der Waals surface area (Å²) >= 11 is 3.51. The lowest BCUT2D eigenvalue weighted by Crippen LogP contribution is -2.79. The molecule has 1 heterocycles. The van der Waals surface area contributed by atoms with Gasteiger partial charge in [0.1, 0.15) is 5.54 Å². The highest BCUT2D eigenvalue weighted by molar-refractivity contribution is 9.10. The second-order valence-corrected chi connectivity index (χ2v) is 10.2. The average Bonchev–Trinajstić information content (AvgIpc) is 2.57. The van der Waals surface area contributed by atoms with Gasteiger partial charge in [0, 0.05) is 11.0 Å².